The summed E-state index contributed by atoms with van der Waals surface area (Å²) in [5.41, 5.74) is -2.63. The summed E-state index contributed by atoms with van der Waals surface area (Å²) in [5, 5.41) is 10.1. The third-order valence-electron chi connectivity index (χ3n) is 6.55. The first-order valence-corrected chi connectivity index (χ1v) is 10.9. The maximum atomic E-state index is 13.5. The van der Waals surface area contributed by atoms with Crippen molar-refractivity contribution in [1.29, 1.82) is 0 Å². The molecule has 2 fully saturated rings. The van der Waals surface area contributed by atoms with Gasteiger partial charge in [-0.3, -0.25) is 4.79 Å². The Hall–Kier alpha value is -2.66. The highest BCUT2D eigenvalue weighted by molar-refractivity contribution is 5.78. The second kappa shape index (κ2) is 9.09. The lowest BCUT2D eigenvalue weighted by Gasteiger charge is -2.35. The summed E-state index contributed by atoms with van der Waals surface area (Å²) in [5.74, 6) is -1.40. The van der Waals surface area contributed by atoms with Gasteiger partial charge in [-0.25, -0.2) is 4.39 Å². The molecule has 2 aromatic carbocycles. The van der Waals surface area contributed by atoms with Crippen LogP contribution in [0.15, 0.2) is 42.5 Å². The molecule has 1 amide bonds. The molecule has 190 valence electrons. The highest BCUT2D eigenvalue weighted by atomic mass is 19.4. The smallest absolute Gasteiger partial charge is 0.393 e. The van der Waals surface area contributed by atoms with E-state index in [1.54, 1.807) is 0 Å². The summed E-state index contributed by atoms with van der Waals surface area (Å²) < 4.78 is 99.3. The maximum Gasteiger partial charge on any atom is 0.416 e. The Morgan fingerprint density at radius 1 is 1.00 bits per heavy atom. The van der Waals surface area contributed by atoms with Crippen LogP contribution in [-0.2, 0) is 21.9 Å². The molecule has 2 heterocycles. The number of carbonyl (C=O) groups is 1. The van der Waals surface area contributed by atoms with Crippen molar-refractivity contribution in [2.24, 2.45) is 0 Å². The van der Waals surface area contributed by atoms with E-state index in [0.717, 1.165) is 0 Å². The number of hydrogen-bond acceptors (Lipinski definition) is 3. The van der Waals surface area contributed by atoms with Gasteiger partial charge in [0.05, 0.1) is 35.9 Å². The highest BCUT2D eigenvalue weighted by Gasteiger charge is 2.49. The zero-order valence-electron chi connectivity index (χ0n) is 18.4. The van der Waals surface area contributed by atoms with Crippen molar-refractivity contribution in [2.75, 3.05) is 6.54 Å². The van der Waals surface area contributed by atoms with Crippen molar-refractivity contribution in [1.82, 2.24) is 4.90 Å². The number of rotatable bonds is 4. The van der Waals surface area contributed by atoms with Gasteiger partial charge in [0, 0.05) is 18.5 Å². The van der Waals surface area contributed by atoms with Crippen LogP contribution in [0.5, 0.6) is 0 Å². The Labute approximate surface area is 196 Å². The molecule has 4 nitrogen and oxygen atoms in total. The van der Waals surface area contributed by atoms with E-state index in [1.165, 1.54) is 36.1 Å². The number of alkyl halides is 6. The number of aliphatic hydroxyl groups excluding tert-OH is 1. The summed E-state index contributed by atoms with van der Waals surface area (Å²) in [6, 6.07) is 6.16. The van der Waals surface area contributed by atoms with Crippen molar-refractivity contribution in [3.63, 3.8) is 0 Å². The normalized spacial score (nSPS) is 26.1. The lowest BCUT2D eigenvalue weighted by atomic mass is 9.85. The fraction of sp³-hybridized carbons (Fsp3) is 0.458. The highest BCUT2D eigenvalue weighted by Crippen LogP contribution is 2.43. The minimum atomic E-state index is -5.00. The maximum absolute atomic E-state index is 13.5. The second-order valence-corrected chi connectivity index (χ2v) is 8.94. The van der Waals surface area contributed by atoms with E-state index in [0.29, 0.717) is 17.7 Å². The molecule has 5 atom stereocenters. The predicted molar refractivity (Wildman–Crippen MR) is 110 cm³/mol. The zero-order chi connectivity index (χ0) is 25.7. The Bertz CT molecular complexity index is 1050. The van der Waals surface area contributed by atoms with Gasteiger partial charge in [-0.1, -0.05) is 12.1 Å². The van der Waals surface area contributed by atoms with Crippen molar-refractivity contribution in [2.45, 2.75) is 62.4 Å². The van der Waals surface area contributed by atoms with Gasteiger partial charge in [-0.2, -0.15) is 26.3 Å². The van der Waals surface area contributed by atoms with Crippen molar-refractivity contribution in [3.05, 3.63) is 70.5 Å². The Kier molecular flexibility index (Phi) is 6.60. The molecule has 0 aromatic heterocycles. The minimum Gasteiger partial charge on any atom is -0.393 e. The van der Waals surface area contributed by atoms with Crippen LogP contribution in [-0.4, -0.2) is 40.7 Å². The van der Waals surface area contributed by atoms with Gasteiger partial charge < -0.3 is 14.7 Å². The van der Waals surface area contributed by atoms with Crippen molar-refractivity contribution in [3.8, 4) is 0 Å². The van der Waals surface area contributed by atoms with Crippen LogP contribution in [0, 0.1) is 5.82 Å². The Morgan fingerprint density at radius 2 is 1.57 bits per heavy atom. The first-order chi connectivity index (χ1) is 16.2. The summed E-state index contributed by atoms with van der Waals surface area (Å²) in [6.07, 6.45) is -12.8. The first kappa shape index (κ1) is 25.4. The van der Waals surface area contributed by atoms with E-state index in [9.17, 15) is 40.6 Å². The molecule has 0 spiro atoms. The topological polar surface area (TPSA) is 49.8 Å². The van der Waals surface area contributed by atoms with E-state index in [2.05, 4.69) is 0 Å². The molecule has 0 bridgehead atoms. The molecular formula is C24H22F7NO3. The van der Waals surface area contributed by atoms with Gasteiger partial charge in [-0.05, 0) is 54.8 Å². The zero-order valence-corrected chi connectivity index (χ0v) is 18.4. The van der Waals surface area contributed by atoms with Gasteiger partial charge in [0.15, 0.2) is 0 Å². The monoisotopic (exact) mass is 505 g/mol. The molecule has 4 rings (SSSR count). The van der Waals surface area contributed by atoms with Gasteiger partial charge in [-0.15, -0.1) is 0 Å². The van der Waals surface area contributed by atoms with Crippen molar-refractivity contribution >= 4 is 5.91 Å². The van der Waals surface area contributed by atoms with Gasteiger partial charge in [0.1, 0.15) is 5.82 Å². The second-order valence-electron chi connectivity index (χ2n) is 8.94. The minimum absolute atomic E-state index is 0.0354. The molecule has 2 saturated heterocycles. The number of halogens is 7. The Balaban J connectivity index is 1.68. The van der Waals surface area contributed by atoms with E-state index in [-0.39, 0.29) is 36.9 Å². The SMILES string of the molecule is C[C@@H](O[C@H]1CN2C(=O)CC(O)C[C@H]2[C@@H]1c1ccc(F)cc1)c1cc(C(F)(F)F)cc(C(F)(F)F)c1. The standard InChI is InChI=1S/C24H22F7NO3/c1-12(14-6-15(23(26,27)28)8-16(7-14)24(29,30)31)35-20-11-32-19(9-18(33)10-21(32)34)22(20)13-2-4-17(25)5-3-13/h2-8,12,18-20,22,33H,9-11H2,1H3/t12-,18?,19+,20+,22+/m1/s1. The van der Waals surface area contributed by atoms with Crippen LogP contribution in [0.2, 0.25) is 0 Å². The number of ether oxygens (including phenoxy) is 1. The number of carbonyl (C=O) groups excluding carboxylic acids is 1. The first-order valence-electron chi connectivity index (χ1n) is 10.9. The van der Waals surface area contributed by atoms with E-state index >= 15 is 0 Å². The van der Waals surface area contributed by atoms with Gasteiger partial charge in [0.25, 0.3) is 0 Å². The molecular weight excluding hydrogens is 483 g/mol. The average molecular weight is 505 g/mol. The number of hydrogen-bond donors (Lipinski definition) is 1. The average Bonchev–Trinajstić information content (AvgIpc) is 3.11. The van der Waals surface area contributed by atoms with Gasteiger partial charge >= 0.3 is 12.4 Å². The van der Waals surface area contributed by atoms with Crippen LogP contribution in [0.4, 0.5) is 30.7 Å². The molecule has 1 unspecified atom stereocenters. The molecule has 0 aliphatic carbocycles. The van der Waals surface area contributed by atoms with Crippen molar-refractivity contribution < 1.29 is 45.4 Å². The van der Waals surface area contributed by atoms with Crippen LogP contribution >= 0.6 is 0 Å². The number of amides is 1. The summed E-state index contributed by atoms with van der Waals surface area (Å²) >= 11 is 0. The fourth-order valence-electron chi connectivity index (χ4n) is 4.93. The summed E-state index contributed by atoms with van der Waals surface area (Å²) in [4.78, 5) is 14.0. The molecule has 2 aromatic rings. The molecule has 0 saturated carbocycles. The predicted octanol–water partition coefficient (Wildman–Crippen LogP) is 5.46. The van der Waals surface area contributed by atoms with Gasteiger partial charge in [0.2, 0.25) is 5.91 Å². The van der Waals surface area contributed by atoms with E-state index in [1.807, 2.05) is 0 Å². The van der Waals surface area contributed by atoms with Crippen LogP contribution < -0.4 is 0 Å². The lowest BCUT2D eigenvalue weighted by Crippen LogP contribution is -2.45. The molecule has 11 heteroatoms. The van der Waals surface area contributed by atoms with Crippen LogP contribution in [0.3, 0.4) is 0 Å². The van der Waals surface area contributed by atoms with E-state index < -0.39 is 59.6 Å². The molecule has 1 N–H and O–H groups in total. The van der Waals surface area contributed by atoms with Crippen LogP contribution in [0.1, 0.15) is 54.0 Å². The molecule has 35 heavy (non-hydrogen) atoms. The third-order valence-corrected chi connectivity index (χ3v) is 6.55. The van der Waals surface area contributed by atoms with Crippen LogP contribution in [0.25, 0.3) is 0 Å². The molecule has 2 aliphatic rings. The number of fused-ring (bicyclic) bond motifs is 1. The van der Waals surface area contributed by atoms with E-state index in [4.69, 9.17) is 4.74 Å². The largest absolute Gasteiger partial charge is 0.416 e. The third kappa shape index (κ3) is 5.30. The Morgan fingerprint density at radius 3 is 2.11 bits per heavy atom. The quantitative estimate of drug-likeness (QED) is 0.562. The molecule has 2 aliphatic heterocycles. The lowest BCUT2D eigenvalue weighted by molar-refractivity contribution is -0.143. The number of nitrogens with zero attached hydrogens (tertiary/aromatic N) is 1. The number of piperidine rings is 1. The molecule has 0 radical (unpaired) electrons. The summed E-state index contributed by atoms with van der Waals surface area (Å²) in [6.45, 7) is 1.37. The number of benzene rings is 2. The number of aliphatic hydroxyl groups is 1. The fourth-order valence-corrected chi connectivity index (χ4v) is 4.93. The summed E-state index contributed by atoms with van der Waals surface area (Å²) in [7, 11) is 0.